The van der Waals surface area contributed by atoms with Crippen molar-refractivity contribution in [3.63, 3.8) is 0 Å². The number of fused-ring (bicyclic) bond motifs is 5. The minimum absolute atomic E-state index is 0.0672. The number of ketones is 1. The number of hydrogen-bond acceptors (Lipinski definition) is 2. The highest BCUT2D eigenvalue weighted by molar-refractivity contribution is 5.79. The van der Waals surface area contributed by atoms with Crippen LogP contribution in [0.15, 0.2) is 0 Å². The van der Waals surface area contributed by atoms with Crippen molar-refractivity contribution in [1.82, 2.24) is 0 Å². The van der Waals surface area contributed by atoms with Crippen molar-refractivity contribution in [2.75, 3.05) is 0 Å². The molecule has 0 aromatic carbocycles. The van der Waals surface area contributed by atoms with E-state index in [1.54, 1.807) is 0 Å². The van der Waals surface area contributed by atoms with E-state index in [4.69, 9.17) is 5.48 Å². The quantitative estimate of drug-likeness (QED) is 0.734. The summed E-state index contributed by atoms with van der Waals surface area (Å²) in [7, 11) is 0. The Kier molecular flexibility index (Phi) is 2.26. The van der Waals surface area contributed by atoms with Gasteiger partial charge in [0, 0.05) is 18.3 Å². The second-order valence-electron chi connectivity index (χ2n) is 8.24. The van der Waals surface area contributed by atoms with Gasteiger partial charge in [-0.15, -0.1) is 0 Å². The number of hydrogen-bond donors (Lipinski definition) is 1. The molecule has 4 fully saturated rings. The van der Waals surface area contributed by atoms with E-state index in [0.717, 1.165) is 32.1 Å². The smallest absolute Gasteiger partial charge is 0.133 e. The molecule has 21 heavy (non-hydrogen) atoms. The topological polar surface area (TPSA) is 37.3 Å². The van der Waals surface area contributed by atoms with Crippen LogP contribution in [0.1, 0.15) is 77.0 Å². The lowest BCUT2D eigenvalue weighted by Crippen LogP contribution is -2.54. The first kappa shape index (κ1) is 10.4. The van der Waals surface area contributed by atoms with E-state index in [-0.39, 0.29) is 17.4 Å². The van der Waals surface area contributed by atoms with Gasteiger partial charge in [0.05, 0.1) is 6.10 Å². The third-order valence-electron chi connectivity index (χ3n) is 7.51. The zero-order valence-corrected chi connectivity index (χ0v) is 13.1. The minimum atomic E-state index is -1.25. The maximum Gasteiger partial charge on any atom is 0.133 e. The van der Waals surface area contributed by atoms with Gasteiger partial charge in [-0.3, -0.25) is 4.79 Å². The van der Waals surface area contributed by atoms with Gasteiger partial charge in [0.15, 0.2) is 0 Å². The van der Waals surface area contributed by atoms with E-state index in [1.807, 2.05) is 6.92 Å². The average molecular weight is 294 g/mol. The van der Waals surface area contributed by atoms with Crippen LogP contribution in [0, 0.1) is 34.5 Å². The van der Waals surface area contributed by atoms with Crippen molar-refractivity contribution in [1.29, 1.82) is 0 Å². The number of aliphatic hydroxyl groups excluding tert-OH is 1. The summed E-state index contributed by atoms with van der Waals surface area (Å²) in [5.41, 5.74) is -0.861. The van der Waals surface area contributed by atoms with Gasteiger partial charge in [-0.05, 0) is 79.4 Å². The molecular formula is C19H30O2. The molecule has 0 amide bonds. The van der Waals surface area contributed by atoms with Gasteiger partial charge < -0.3 is 5.11 Å². The van der Waals surface area contributed by atoms with Gasteiger partial charge >= 0.3 is 0 Å². The zero-order chi connectivity index (χ0) is 18.4. The minimum Gasteiger partial charge on any atom is -0.393 e. The van der Waals surface area contributed by atoms with E-state index in [0.29, 0.717) is 18.3 Å². The summed E-state index contributed by atoms with van der Waals surface area (Å²) < 4.78 is 34.3. The Balaban J connectivity index is 1.76. The Morgan fingerprint density at radius 3 is 2.71 bits per heavy atom. The molecule has 2 unspecified atom stereocenters. The van der Waals surface area contributed by atoms with E-state index in [9.17, 15) is 9.90 Å². The molecule has 4 aliphatic rings. The van der Waals surface area contributed by atoms with Crippen LogP contribution in [0.4, 0.5) is 0 Å². The standard InChI is InChI=1S/C19H30O2/c1-18-9-7-13(20)11-12(18)3-4-14-15-5-6-17(21)19(15,2)10-8-16(14)18/h12,14-17,21H,3-11H2,1-2H3/t12-,14-,15-,16-,17-,18-,19-/m0/s1/i7D,9D,11D,12D/t7?,9?,11-,12+,14+,15+,16+,17+,18+,19+/m1. The summed E-state index contributed by atoms with van der Waals surface area (Å²) in [6.45, 7) is 4.12. The van der Waals surface area contributed by atoms with E-state index in [1.165, 1.54) is 0 Å². The zero-order valence-electron chi connectivity index (χ0n) is 17.1. The summed E-state index contributed by atoms with van der Waals surface area (Å²) >= 11 is 0. The predicted octanol–water partition coefficient (Wildman–Crippen LogP) is 3.96. The highest BCUT2D eigenvalue weighted by Crippen LogP contribution is 2.65. The molecule has 2 heteroatoms. The van der Waals surface area contributed by atoms with Crippen molar-refractivity contribution in [3.05, 3.63) is 0 Å². The SMILES string of the molecule is [2H]C1C(=O)[C@H]([2H])[C@]2([2H])CC[C@H]3[C@@H]4CC[C@H](O)[C@@]4(C)CC[C@@H]3[C@@]2(C)C1[2H]. The lowest BCUT2D eigenvalue weighted by atomic mass is 9.45. The van der Waals surface area contributed by atoms with Gasteiger partial charge in [-0.1, -0.05) is 13.8 Å². The summed E-state index contributed by atoms with van der Waals surface area (Å²) in [4.78, 5) is 12.3. The average Bonchev–Trinajstić information content (AvgIpc) is 2.89. The highest BCUT2D eigenvalue weighted by atomic mass is 16.3. The molecule has 4 rings (SSSR count). The lowest BCUT2D eigenvalue weighted by molar-refractivity contribution is -0.141. The molecule has 0 heterocycles. The first-order valence-electron chi connectivity index (χ1n) is 10.8. The van der Waals surface area contributed by atoms with Crippen molar-refractivity contribution < 1.29 is 15.4 Å². The molecule has 0 aromatic heterocycles. The molecule has 0 saturated heterocycles. The molecule has 10 atom stereocenters. The van der Waals surface area contributed by atoms with Crippen LogP contribution < -0.4 is 0 Å². The van der Waals surface area contributed by atoms with Crippen LogP contribution in [-0.4, -0.2) is 17.0 Å². The second kappa shape index (κ2) is 4.57. The number of carbonyl (C=O) groups is 1. The molecule has 4 saturated carbocycles. The molecule has 1 N–H and O–H groups in total. The molecule has 0 aliphatic heterocycles. The third kappa shape index (κ3) is 1.84. The fraction of sp³-hybridized carbons (Fsp3) is 0.947. The van der Waals surface area contributed by atoms with Gasteiger partial charge in [0.25, 0.3) is 0 Å². The van der Waals surface area contributed by atoms with Crippen LogP contribution in [0.2, 0.25) is 0 Å². The van der Waals surface area contributed by atoms with Crippen molar-refractivity contribution in [2.45, 2.75) is 77.7 Å². The summed E-state index contributed by atoms with van der Waals surface area (Å²) in [6.07, 6.45) is 1.24. The third-order valence-corrected chi connectivity index (χ3v) is 7.51. The fourth-order valence-corrected chi connectivity index (χ4v) is 6.17. The molecule has 2 nitrogen and oxygen atoms in total. The summed E-state index contributed by atoms with van der Waals surface area (Å²) in [5.74, 6) is -0.929. The van der Waals surface area contributed by atoms with Gasteiger partial charge in [-0.2, -0.15) is 0 Å². The maximum atomic E-state index is 12.3. The van der Waals surface area contributed by atoms with Crippen molar-refractivity contribution in [2.24, 2.45) is 34.5 Å². The Bertz CT molecular complexity index is 600. The summed E-state index contributed by atoms with van der Waals surface area (Å²) in [6, 6.07) is 0. The van der Waals surface area contributed by atoms with E-state index in [2.05, 4.69) is 6.92 Å². The van der Waals surface area contributed by atoms with E-state index < -0.39 is 36.3 Å². The first-order valence-corrected chi connectivity index (χ1v) is 8.57. The molecular weight excluding hydrogens is 260 g/mol. The number of rotatable bonds is 0. The first-order chi connectivity index (χ1) is 11.6. The summed E-state index contributed by atoms with van der Waals surface area (Å²) in [5, 5.41) is 10.5. The monoisotopic (exact) mass is 294 g/mol. The van der Waals surface area contributed by atoms with Crippen LogP contribution >= 0.6 is 0 Å². The molecule has 0 radical (unpaired) electrons. The Morgan fingerprint density at radius 1 is 1.14 bits per heavy atom. The number of aliphatic hydroxyl groups is 1. The van der Waals surface area contributed by atoms with Gasteiger partial charge in [0.2, 0.25) is 0 Å². The van der Waals surface area contributed by atoms with Crippen LogP contribution in [-0.2, 0) is 4.79 Å². The van der Waals surface area contributed by atoms with Gasteiger partial charge in [-0.25, -0.2) is 0 Å². The normalized spacial score (nSPS) is 73.3. The highest BCUT2D eigenvalue weighted by Gasteiger charge is 2.59. The molecule has 0 aromatic rings. The van der Waals surface area contributed by atoms with Crippen LogP contribution in [0.5, 0.6) is 0 Å². The second-order valence-corrected chi connectivity index (χ2v) is 8.24. The molecule has 118 valence electrons. The van der Waals surface area contributed by atoms with Gasteiger partial charge in [0.1, 0.15) is 5.78 Å². The molecule has 0 bridgehead atoms. The van der Waals surface area contributed by atoms with Crippen molar-refractivity contribution >= 4 is 5.78 Å². The fourth-order valence-electron chi connectivity index (χ4n) is 6.17. The molecule has 0 spiro atoms. The van der Waals surface area contributed by atoms with Crippen LogP contribution in [0.3, 0.4) is 0 Å². The number of Topliss-reactive ketones (excluding diaryl/α,β-unsaturated/α-hetero) is 1. The van der Waals surface area contributed by atoms with E-state index >= 15 is 0 Å². The number of carbonyl (C=O) groups excluding carboxylic acids is 1. The predicted molar refractivity (Wildman–Crippen MR) is 82.7 cm³/mol. The largest absolute Gasteiger partial charge is 0.393 e. The Hall–Kier alpha value is -0.370. The van der Waals surface area contributed by atoms with Crippen molar-refractivity contribution in [3.8, 4) is 0 Å². The Morgan fingerprint density at radius 2 is 1.90 bits per heavy atom. The Labute approximate surface area is 134 Å². The lowest BCUT2D eigenvalue weighted by Gasteiger charge is -2.60. The molecule has 4 aliphatic carbocycles. The maximum absolute atomic E-state index is 12.3. The van der Waals surface area contributed by atoms with Crippen LogP contribution in [0.25, 0.3) is 0 Å².